The van der Waals surface area contributed by atoms with Crippen molar-refractivity contribution >= 4 is 11.3 Å². The third kappa shape index (κ3) is 2.92. The van der Waals surface area contributed by atoms with Crippen LogP contribution in [0.5, 0.6) is 5.75 Å². The van der Waals surface area contributed by atoms with Crippen molar-refractivity contribution in [3.05, 3.63) is 65.5 Å². The van der Waals surface area contributed by atoms with Gasteiger partial charge >= 0.3 is 0 Å². The van der Waals surface area contributed by atoms with Gasteiger partial charge in [0.25, 0.3) is 0 Å². The maximum Gasteiger partial charge on any atom is 0.119 e. The molecule has 108 valence electrons. The highest BCUT2D eigenvalue weighted by atomic mass is 19.1. The first-order valence-corrected chi connectivity index (χ1v) is 7.11. The minimum absolute atomic E-state index is 0.00490. The molecule has 0 amide bonds. The first-order valence-electron chi connectivity index (χ1n) is 7.11. The highest BCUT2D eigenvalue weighted by Crippen LogP contribution is 2.32. The SMILES string of the molecule is COc1ccc(NCC2=C(F)CCc3ccccc32)cc1. The maximum absolute atomic E-state index is 14.2. The number of hydrogen-bond acceptors (Lipinski definition) is 2. The molecule has 1 aliphatic carbocycles. The van der Waals surface area contributed by atoms with Crippen LogP contribution in [0, 0.1) is 0 Å². The smallest absolute Gasteiger partial charge is 0.119 e. The molecule has 0 fully saturated rings. The number of nitrogens with one attached hydrogen (secondary N) is 1. The molecule has 0 aliphatic heterocycles. The number of aryl methyl sites for hydroxylation is 1. The summed E-state index contributed by atoms with van der Waals surface area (Å²) in [6, 6.07) is 15.7. The van der Waals surface area contributed by atoms with E-state index in [4.69, 9.17) is 4.74 Å². The fourth-order valence-corrected chi connectivity index (χ4v) is 2.66. The molecule has 0 bridgehead atoms. The summed E-state index contributed by atoms with van der Waals surface area (Å²) in [6.45, 7) is 0.495. The Balaban J connectivity index is 1.77. The lowest BCUT2D eigenvalue weighted by atomic mass is 9.90. The standard InChI is InChI=1S/C18H18FNO/c1-21-15-9-7-14(8-10-15)20-12-17-16-5-3-2-4-13(16)6-11-18(17)19/h2-5,7-10,20H,6,11-12H2,1H3. The summed E-state index contributed by atoms with van der Waals surface area (Å²) >= 11 is 0. The Hall–Kier alpha value is -2.29. The molecule has 1 aliphatic rings. The molecule has 2 aromatic carbocycles. The molecule has 21 heavy (non-hydrogen) atoms. The van der Waals surface area contributed by atoms with E-state index in [0.29, 0.717) is 13.0 Å². The third-order valence-electron chi connectivity index (χ3n) is 3.84. The second-order valence-corrected chi connectivity index (χ2v) is 5.12. The van der Waals surface area contributed by atoms with Crippen LogP contribution in [-0.2, 0) is 6.42 Å². The third-order valence-corrected chi connectivity index (χ3v) is 3.84. The number of allylic oxidation sites excluding steroid dienone is 1. The summed E-state index contributed by atoms with van der Waals surface area (Å²) in [5.41, 5.74) is 3.99. The van der Waals surface area contributed by atoms with Crippen LogP contribution < -0.4 is 10.1 Å². The number of fused-ring (bicyclic) bond motifs is 1. The average Bonchev–Trinajstić information content (AvgIpc) is 2.54. The van der Waals surface area contributed by atoms with Gasteiger partial charge in [-0.1, -0.05) is 24.3 Å². The Morgan fingerprint density at radius 3 is 2.57 bits per heavy atom. The zero-order valence-electron chi connectivity index (χ0n) is 12.0. The molecule has 0 unspecified atom stereocenters. The first-order chi connectivity index (χ1) is 10.3. The van der Waals surface area contributed by atoms with Crippen molar-refractivity contribution in [1.82, 2.24) is 0 Å². The van der Waals surface area contributed by atoms with Crippen LogP contribution >= 0.6 is 0 Å². The first kappa shape index (κ1) is 13.7. The van der Waals surface area contributed by atoms with E-state index in [1.807, 2.05) is 42.5 Å². The lowest BCUT2D eigenvalue weighted by Gasteiger charge is -2.20. The van der Waals surface area contributed by atoms with Gasteiger partial charge in [-0.3, -0.25) is 0 Å². The molecule has 0 radical (unpaired) electrons. The highest BCUT2D eigenvalue weighted by molar-refractivity contribution is 5.75. The molecule has 0 aromatic heterocycles. The Labute approximate surface area is 124 Å². The van der Waals surface area contributed by atoms with Crippen LogP contribution in [-0.4, -0.2) is 13.7 Å². The second-order valence-electron chi connectivity index (χ2n) is 5.12. The van der Waals surface area contributed by atoms with Gasteiger partial charge < -0.3 is 10.1 Å². The fourth-order valence-electron chi connectivity index (χ4n) is 2.66. The van der Waals surface area contributed by atoms with Gasteiger partial charge in [0.15, 0.2) is 0 Å². The van der Waals surface area contributed by atoms with Gasteiger partial charge in [0.2, 0.25) is 0 Å². The summed E-state index contributed by atoms with van der Waals surface area (Å²) in [7, 11) is 1.64. The molecule has 0 saturated heterocycles. The second kappa shape index (κ2) is 6.00. The molecule has 3 rings (SSSR count). The molecule has 0 atom stereocenters. The van der Waals surface area contributed by atoms with Crippen LogP contribution in [0.3, 0.4) is 0 Å². The van der Waals surface area contributed by atoms with Crippen LogP contribution in [0.2, 0.25) is 0 Å². The molecular weight excluding hydrogens is 265 g/mol. The lowest BCUT2D eigenvalue weighted by Crippen LogP contribution is -2.11. The van der Waals surface area contributed by atoms with E-state index in [2.05, 4.69) is 11.4 Å². The van der Waals surface area contributed by atoms with Gasteiger partial charge in [-0.2, -0.15) is 0 Å². The number of ether oxygens (including phenoxy) is 1. The minimum Gasteiger partial charge on any atom is -0.497 e. The van der Waals surface area contributed by atoms with Crippen LogP contribution in [0.4, 0.5) is 10.1 Å². The maximum atomic E-state index is 14.2. The van der Waals surface area contributed by atoms with E-state index in [1.165, 1.54) is 5.56 Å². The van der Waals surface area contributed by atoms with Gasteiger partial charge in [-0.25, -0.2) is 4.39 Å². The van der Waals surface area contributed by atoms with E-state index in [-0.39, 0.29) is 5.83 Å². The summed E-state index contributed by atoms with van der Waals surface area (Å²) < 4.78 is 19.3. The normalized spacial score (nSPS) is 13.8. The number of rotatable bonds is 4. The Morgan fingerprint density at radius 1 is 1.05 bits per heavy atom. The van der Waals surface area contributed by atoms with Crippen molar-refractivity contribution in [3.8, 4) is 5.75 Å². The van der Waals surface area contributed by atoms with Crippen molar-refractivity contribution in [3.63, 3.8) is 0 Å². The molecule has 0 heterocycles. The Bertz CT molecular complexity index is 661. The van der Waals surface area contributed by atoms with Crippen LogP contribution in [0.1, 0.15) is 17.5 Å². The predicted molar refractivity (Wildman–Crippen MR) is 84.3 cm³/mol. The quantitative estimate of drug-likeness (QED) is 0.896. The van der Waals surface area contributed by atoms with Crippen molar-refractivity contribution in [2.75, 3.05) is 19.0 Å². The fraction of sp³-hybridized carbons (Fsp3) is 0.222. The zero-order chi connectivity index (χ0) is 14.7. The van der Waals surface area contributed by atoms with Gasteiger partial charge in [0.1, 0.15) is 11.6 Å². The summed E-state index contributed by atoms with van der Waals surface area (Å²) in [4.78, 5) is 0. The van der Waals surface area contributed by atoms with Gasteiger partial charge in [0.05, 0.1) is 7.11 Å². The van der Waals surface area contributed by atoms with E-state index in [9.17, 15) is 4.39 Å². The van der Waals surface area contributed by atoms with E-state index in [0.717, 1.165) is 29.0 Å². The van der Waals surface area contributed by atoms with Gasteiger partial charge in [-0.15, -0.1) is 0 Å². The number of hydrogen-bond donors (Lipinski definition) is 1. The number of benzene rings is 2. The van der Waals surface area contributed by atoms with E-state index < -0.39 is 0 Å². The van der Waals surface area contributed by atoms with E-state index >= 15 is 0 Å². The van der Waals surface area contributed by atoms with Crippen LogP contribution in [0.25, 0.3) is 5.57 Å². The number of halogens is 1. The lowest BCUT2D eigenvalue weighted by molar-refractivity contribution is 0.415. The molecule has 0 saturated carbocycles. The van der Waals surface area contributed by atoms with Crippen molar-refractivity contribution < 1.29 is 9.13 Å². The molecule has 2 aromatic rings. The minimum atomic E-state index is -0.00490. The summed E-state index contributed by atoms with van der Waals surface area (Å²) in [6.07, 6.45) is 1.28. The average molecular weight is 283 g/mol. The van der Waals surface area contributed by atoms with E-state index in [1.54, 1.807) is 7.11 Å². The topological polar surface area (TPSA) is 21.3 Å². The Kier molecular flexibility index (Phi) is 3.91. The summed E-state index contributed by atoms with van der Waals surface area (Å²) in [5.74, 6) is 0.809. The monoisotopic (exact) mass is 283 g/mol. The largest absolute Gasteiger partial charge is 0.497 e. The zero-order valence-corrected chi connectivity index (χ0v) is 12.0. The summed E-state index contributed by atoms with van der Waals surface area (Å²) in [5, 5.41) is 3.28. The van der Waals surface area contributed by atoms with Gasteiger partial charge in [0, 0.05) is 24.2 Å². The molecule has 1 N–H and O–H groups in total. The molecule has 3 heteroatoms. The van der Waals surface area contributed by atoms with Gasteiger partial charge in [-0.05, 0) is 41.8 Å². The van der Waals surface area contributed by atoms with Crippen molar-refractivity contribution in [1.29, 1.82) is 0 Å². The predicted octanol–water partition coefficient (Wildman–Crippen LogP) is 4.43. The van der Waals surface area contributed by atoms with Crippen molar-refractivity contribution in [2.45, 2.75) is 12.8 Å². The van der Waals surface area contributed by atoms with Crippen molar-refractivity contribution in [2.24, 2.45) is 0 Å². The Morgan fingerprint density at radius 2 is 1.81 bits per heavy atom. The molecular formula is C18H18FNO. The van der Waals surface area contributed by atoms with Crippen LogP contribution in [0.15, 0.2) is 54.4 Å². The number of anilines is 1. The molecule has 2 nitrogen and oxygen atoms in total. The molecule has 0 spiro atoms. The number of methoxy groups -OCH3 is 1. The highest BCUT2D eigenvalue weighted by Gasteiger charge is 2.18.